The molecule has 0 aliphatic carbocycles. The second-order valence-electron chi connectivity index (χ2n) is 3.67. The summed E-state index contributed by atoms with van der Waals surface area (Å²) in [5, 5.41) is 0.681. The maximum Gasteiger partial charge on any atom is 0.214 e. The van der Waals surface area contributed by atoms with E-state index in [0.717, 1.165) is 11.1 Å². The zero-order valence-electron chi connectivity index (χ0n) is 9.47. The van der Waals surface area contributed by atoms with Crippen molar-refractivity contribution < 1.29 is 4.74 Å². The van der Waals surface area contributed by atoms with Crippen LogP contribution in [-0.4, -0.2) is 9.97 Å². The normalized spacial score (nSPS) is 10.1. The summed E-state index contributed by atoms with van der Waals surface area (Å²) in [5.74, 6) is 0.486. The molecule has 0 radical (unpaired) electrons. The number of aromatic nitrogens is 1. The van der Waals surface area contributed by atoms with E-state index in [1.54, 1.807) is 18.3 Å². The summed E-state index contributed by atoms with van der Waals surface area (Å²) in [4.78, 5) is 4.41. The average molecular weight is 279 g/mol. The number of nitrogens with two attached hydrogens (primary N) is 1. The van der Waals surface area contributed by atoms with Gasteiger partial charge in [0.05, 0.1) is 0 Å². The lowest BCUT2D eigenvalue weighted by atomic mass is 10.2. The van der Waals surface area contributed by atoms with Crippen LogP contribution in [0.2, 0.25) is 5.02 Å². The molecular weight excluding hydrogens is 268 g/mol. The Hall–Kier alpha value is -1.65. The van der Waals surface area contributed by atoms with Gasteiger partial charge in [0, 0.05) is 22.8 Å². The van der Waals surface area contributed by atoms with Crippen molar-refractivity contribution in [3.63, 3.8) is 0 Å². The van der Waals surface area contributed by atoms with Gasteiger partial charge in [-0.1, -0.05) is 36.0 Å². The lowest BCUT2D eigenvalue weighted by Gasteiger charge is -2.06. The molecule has 0 atom stereocenters. The van der Waals surface area contributed by atoms with E-state index in [1.807, 2.05) is 24.3 Å². The topological polar surface area (TPSA) is 48.1 Å². The van der Waals surface area contributed by atoms with Crippen molar-refractivity contribution in [2.45, 2.75) is 6.61 Å². The molecule has 0 spiro atoms. The van der Waals surface area contributed by atoms with Crippen molar-refractivity contribution >= 4 is 28.8 Å². The van der Waals surface area contributed by atoms with Gasteiger partial charge in [-0.3, -0.25) is 0 Å². The Morgan fingerprint density at radius 1 is 1.33 bits per heavy atom. The summed E-state index contributed by atoms with van der Waals surface area (Å²) >= 11 is 10.8. The molecule has 1 aromatic carbocycles. The van der Waals surface area contributed by atoms with Crippen LogP contribution in [-0.2, 0) is 6.61 Å². The summed E-state index contributed by atoms with van der Waals surface area (Å²) in [6.07, 6.45) is 1.61. The first-order valence-corrected chi connectivity index (χ1v) is 6.07. The molecular formula is C13H11ClN2OS. The summed E-state index contributed by atoms with van der Waals surface area (Å²) in [6.45, 7) is 0.397. The molecule has 2 aromatic rings. The minimum absolute atomic E-state index is 0.324. The first kappa shape index (κ1) is 12.8. The molecule has 0 fully saturated rings. The summed E-state index contributed by atoms with van der Waals surface area (Å²) in [6, 6.07) is 10.9. The molecule has 18 heavy (non-hydrogen) atoms. The fraction of sp³-hybridized carbons (Fsp3) is 0.0769. The van der Waals surface area contributed by atoms with Crippen LogP contribution in [0.4, 0.5) is 0 Å². The van der Waals surface area contributed by atoms with Crippen LogP contribution in [0.5, 0.6) is 5.88 Å². The molecule has 0 aliphatic heterocycles. The largest absolute Gasteiger partial charge is 0.473 e. The predicted octanol–water partition coefficient (Wildman–Crippen LogP) is 2.95. The third-order valence-corrected chi connectivity index (χ3v) is 2.77. The summed E-state index contributed by atoms with van der Waals surface area (Å²) in [7, 11) is 0. The summed E-state index contributed by atoms with van der Waals surface area (Å²) < 4.78 is 5.55. The van der Waals surface area contributed by atoms with E-state index in [0.29, 0.717) is 22.5 Å². The van der Waals surface area contributed by atoms with Gasteiger partial charge in [0.1, 0.15) is 11.6 Å². The van der Waals surface area contributed by atoms with Gasteiger partial charge in [0.15, 0.2) is 0 Å². The van der Waals surface area contributed by atoms with E-state index < -0.39 is 0 Å². The van der Waals surface area contributed by atoms with Gasteiger partial charge < -0.3 is 10.5 Å². The predicted molar refractivity (Wildman–Crippen MR) is 75.9 cm³/mol. The van der Waals surface area contributed by atoms with Gasteiger partial charge in [0.25, 0.3) is 0 Å². The Labute approximate surface area is 116 Å². The van der Waals surface area contributed by atoms with Crippen molar-refractivity contribution in [1.82, 2.24) is 4.98 Å². The van der Waals surface area contributed by atoms with Gasteiger partial charge in [-0.15, -0.1) is 0 Å². The van der Waals surface area contributed by atoms with Crippen LogP contribution in [0.15, 0.2) is 42.6 Å². The first-order valence-electron chi connectivity index (χ1n) is 5.28. The number of rotatable bonds is 4. The Kier molecular flexibility index (Phi) is 4.12. The lowest BCUT2D eigenvalue weighted by Crippen LogP contribution is -2.09. The Balaban J connectivity index is 2.06. The van der Waals surface area contributed by atoms with Gasteiger partial charge >= 0.3 is 0 Å². The van der Waals surface area contributed by atoms with E-state index in [9.17, 15) is 0 Å². The maximum atomic E-state index is 5.89. The van der Waals surface area contributed by atoms with Crippen LogP contribution >= 0.6 is 23.8 Å². The van der Waals surface area contributed by atoms with Crippen LogP contribution in [0, 0.1) is 0 Å². The third kappa shape index (κ3) is 3.42. The Morgan fingerprint density at radius 3 is 2.89 bits per heavy atom. The molecule has 0 bridgehead atoms. The molecule has 1 heterocycles. The quantitative estimate of drug-likeness (QED) is 0.874. The zero-order valence-corrected chi connectivity index (χ0v) is 11.0. The molecule has 0 saturated heterocycles. The van der Waals surface area contributed by atoms with Crippen LogP contribution in [0.1, 0.15) is 11.1 Å². The standard InChI is InChI=1S/C13H11ClN2OS/c14-11-3-1-2-9(6-11)8-17-12-7-10(13(15)18)4-5-16-12/h1-7H,8H2,(H2,15,18). The molecule has 2 N–H and O–H groups in total. The van der Waals surface area contributed by atoms with Crippen LogP contribution in [0.3, 0.4) is 0 Å². The van der Waals surface area contributed by atoms with Crippen LogP contribution in [0.25, 0.3) is 0 Å². The molecule has 1 aromatic heterocycles. The minimum Gasteiger partial charge on any atom is -0.473 e. The van der Waals surface area contributed by atoms with Crippen molar-refractivity contribution in [3.05, 3.63) is 58.7 Å². The molecule has 92 valence electrons. The number of benzene rings is 1. The fourth-order valence-corrected chi connectivity index (χ4v) is 1.77. The highest BCUT2D eigenvalue weighted by Gasteiger charge is 2.01. The molecule has 2 rings (SSSR count). The average Bonchev–Trinajstić information content (AvgIpc) is 2.37. The van der Waals surface area contributed by atoms with Crippen molar-refractivity contribution in [2.75, 3.05) is 0 Å². The highest BCUT2D eigenvalue weighted by molar-refractivity contribution is 7.80. The fourth-order valence-electron chi connectivity index (χ4n) is 1.43. The monoisotopic (exact) mass is 278 g/mol. The van der Waals surface area contributed by atoms with Crippen molar-refractivity contribution in [1.29, 1.82) is 0 Å². The van der Waals surface area contributed by atoms with Gasteiger partial charge in [-0.25, -0.2) is 4.98 Å². The highest BCUT2D eigenvalue weighted by Crippen LogP contribution is 2.14. The lowest BCUT2D eigenvalue weighted by molar-refractivity contribution is 0.294. The van der Waals surface area contributed by atoms with Crippen molar-refractivity contribution in [2.24, 2.45) is 5.73 Å². The van der Waals surface area contributed by atoms with E-state index in [2.05, 4.69) is 4.98 Å². The maximum absolute atomic E-state index is 5.89. The Bertz CT molecular complexity index is 574. The molecule has 5 heteroatoms. The number of halogens is 1. The number of thiocarbonyl (C=S) groups is 1. The number of pyridine rings is 1. The van der Waals surface area contributed by atoms with E-state index >= 15 is 0 Å². The highest BCUT2D eigenvalue weighted by atomic mass is 35.5. The molecule has 3 nitrogen and oxygen atoms in total. The third-order valence-electron chi connectivity index (χ3n) is 2.30. The second-order valence-corrected chi connectivity index (χ2v) is 4.54. The number of hydrogen-bond acceptors (Lipinski definition) is 3. The Morgan fingerprint density at radius 2 is 2.17 bits per heavy atom. The first-order chi connectivity index (χ1) is 8.65. The number of hydrogen-bond donors (Lipinski definition) is 1. The van der Waals surface area contributed by atoms with Gasteiger partial charge in [-0.2, -0.15) is 0 Å². The van der Waals surface area contributed by atoms with Gasteiger partial charge in [-0.05, 0) is 23.8 Å². The molecule has 0 unspecified atom stereocenters. The number of nitrogens with zero attached hydrogens (tertiary/aromatic N) is 1. The smallest absolute Gasteiger partial charge is 0.214 e. The molecule has 0 aliphatic rings. The molecule has 0 amide bonds. The zero-order chi connectivity index (χ0) is 13.0. The van der Waals surface area contributed by atoms with Gasteiger partial charge in [0.2, 0.25) is 5.88 Å². The SMILES string of the molecule is NC(=S)c1ccnc(OCc2cccc(Cl)c2)c1. The number of ether oxygens (including phenoxy) is 1. The second kappa shape index (κ2) is 5.80. The van der Waals surface area contributed by atoms with Crippen molar-refractivity contribution in [3.8, 4) is 5.88 Å². The molecule has 0 saturated carbocycles. The van der Waals surface area contributed by atoms with E-state index in [-0.39, 0.29) is 0 Å². The van der Waals surface area contributed by atoms with E-state index in [1.165, 1.54) is 0 Å². The van der Waals surface area contributed by atoms with E-state index in [4.69, 9.17) is 34.3 Å². The summed E-state index contributed by atoms with van der Waals surface area (Å²) in [5.41, 5.74) is 7.25. The van der Waals surface area contributed by atoms with Crippen LogP contribution < -0.4 is 10.5 Å². The minimum atomic E-state index is 0.324.